The van der Waals surface area contributed by atoms with Crippen molar-refractivity contribution in [3.63, 3.8) is 0 Å². The number of nitriles is 1. The molecule has 0 radical (unpaired) electrons. The van der Waals surface area contributed by atoms with Crippen molar-refractivity contribution in [3.8, 4) is 6.07 Å². The number of halogens is 4. The van der Waals surface area contributed by atoms with Gasteiger partial charge in [-0.2, -0.15) is 5.26 Å². The molecular weight excluding hydrogens is 138 g/mol. The van der Waals surface area contributed by atoms with Crippen molar-refractivity contribution in [2.75, 3.05) is 0 Å². The molecule has 0 saturated heterocycles. The van der Waals surface area contributed by atoms with Crippen LogP contribution in [0.15, 0.2) is 0 Å². The first-order valence-corrected chi connectivity index (χ1v) is 2.05. The SMILES string of the molecule is N#CC(F)C(F)C(F)F. The van der Waals surface area contributed by atoms with Crippen LogP contribution < -0.4 is 0 Å². The largest absolute Gasteiger partial charge is 0.273 e. The van der Waals surface area contributed by atoms with Crippen LogP contribution in [0.3, 0.4) is 0 Å². The number of hydrogen-bond donors (Lipinski definition) is 0. The van der Waals surface area contributed by atoms with Crippen molar-refractivity contribution in [1.82, 2.24) is 0 Å². The molecule has 2 unspecified atom stereocenters. The molecule has 5 heteroatoms. The van der Waals surface area contributed by atoms with Crippen LogP contribution in [-0.2, 0) is 0 Å². The van der Waals surface area contributed by atoms with Gasteiger partial charge < -0.3 is 0 Å². The smallest absolute Gasteiger partial charge is 0.237 e. The molecule has 0 aliphatic carbocycles. The molecule has 0 amide bonds. The molecule has 0 N–H and O–H groups in total. The molecule has 2 atom stereocenters. The van der Waals surface area contributed by atoms with Crippen molar-refractivity contribution in [1.29, 1.82) is 5.26 Å². The first-order valence-electron chi connectivity index (χ1n) is 2.05. The molecule has 0 heterocycles. The van der Waals surface area contributed by atoms with Gasteiger partial charge in [0.15, 0.2) is 0 Å². The maximum absolute atomic E-state index is 11.6. The van der Waals surface area contributed by atoms with Crippen molar-refractivity contribution in [2.45, 2.75) is 18.8 Å². The summed E-state index contributed by atoms with van der Waals surface area (Å²) < 4.78 is 45.3. The molecule has 0 aliphatic rings. The number of alkyl halides is 4. The van der Waals surface area contributed by atoms with Crippen LogP contribution in [0.4, 0.5) is 17.6 Å². The van der Waals surface area contributed by atoms with Crippen LogP contribution in [0, 0.1) is 11.3 Å². The molecule has 0 aromatic rings. The summed E-state index contributed by atoms with van der Waals surface area (Å²) in [6.45, 7) is 0. The Labute approximate surface area is 48.9 Å². The maximum Gasteiger partial charge on any atom is 0.273 e. The van der Waals surface area contributed by atoms with Crippen LogP contribution in [0.25, 0.3) is 0 Å². The van der Waals surface area contributed by atoms with Gasteiger partial charge in [-0.3, -0.25) is 0 Å². The Balaban J connectivity index is 3.76. The van der Waals surface area contributed by atoms with E-state index in [1.54, 1.807) is 0 Å². The molecule has 0 saturated carbocycles. The Bertz CT molecular complexity index is 118. The van der Waals surface area contributed by atoms with Crippen molar-refractivity contribution in [2.24, 2.45) is 0 Å². The summed E-state index contributed by atoms with van der Waals surface area (Å²) in [6.07, 6.45) is -9.11. The fourth-order valence-corrected chi connectivity index (χ4v) is 0.199. The average molecular weight is 141 g/mol. The van der Waals surface area contributed by atoms with Gasteiger partial charge in [-0.1, -0.05) is 0 Å². The van der Waals surface area contributed by atoms with E-state index in [9.17, 15) is 17.6 Å². The minimum absolute atomic E-state index is 0.724. The lowest BCUT2D eigenvalue weighted by atomic mass is 10.3. The lowest BCUT2D eigenvalue weighted by Gasteiger charge is -2.03. The Morgan fingerprint density at radius 1 is 1.11 bits per heavy atom. The van der Waals surface area contributed by atoms with Gasteiger partial charge in [0.2, 0.25) is 12.3 Å². The lowest BCUT2D eigenvalue weighted by Crippen LogP contribution is -2.23. The molecule has 0 aromatic carbocycles. The third-order valence-electron chi connectivity index (χ3n) is 0.644. The van der Waals surface area contributed by atoms with Gasteiger partial charge in [0, 0.05) is 0 Å². The topological polar surface area (TPSA) is 23.8 Å². The van der Waals surface area contributed by atoms with Gasteiger partial charge in [-0.15, -0.1) is 0 Å². The summed E-state index contributed by atoms with van der Waals surface area (Å²) in [5, 5.41) is 7.56. The van der Waals surface area contributed by atoms with E-state index in [0.717, 1.165) is 6.07 Å². The van der Waals surface area contributed by atoms with Crippen LogP contribution in [-0.4, -0.2) is 18.8 Å². The molecule has 9 heavy (non-hydrogen) atoms. The summed E-state index contributed by atoms with van der Waals surface area (Å²) in [5.74, 6) is 0. The standard InChI is InChI=1S/C4H3F4N/c5-2(1-9)3(6)4(7)8/h2-4H. The summed E-state index contributed by atoms with van der Waals surface area (Å²) in [5.41, 5.74) is 0. The van der Waals surface area contributed by atoms with Gasteiger partial charge in [-0.05, 0) is 0 Å². The van der Waals surface area contributed by atoms with E-state index in [4.69, 9.17) is 5.26 Å². The van der Waals surface area contributed by atoms with E-state index in [1.807, 2.05) is 0 Å². The Kier molecular flexibility index (Phi) is 2.99. The zero-order valence-electron chi connectivity index (χ0n) is 4.19. The van der Waals surface area contributed by atoms with E-state index in [2.05, 4.69) is 0 Å². The molecule has 0 spiro atoms. The molecule has 0 rings (SSSR count). The van der Waals surface area contributed by atoms with Gasteiger partial charge in [-0.25, -0.2) is 17.6 Å². The van der Waals surface area contributed by atoms with Crippen LogP contribution in [0.2, 0.25) is 0 Å². The van der Waals surface area contributed by atoms with E-state index >= 15 is 0 Å². The second-order valence-corrected chi connectivity index (χ2v) is 1.31. The summed E-state index contributed by atoms with van der Waals surface area (Å²) in [4.78, 5) is 0. The van der Waals surface area contributed by atoms with Gasteiger partial charge >= 0.3 is 0 Å². The average Bonchev–Trinajstić information content (AvgIpc) is 1.84. The third kappa shape index (κ3) is 2.31. The number of hydrogen-bond acceptors (Lipinski definition) is 1. The summed E-state index contributed by atoms with van der Waals surface area (Å²) >= 11 is 0. The minimum atomic E-state index is -3.42. The predicted octanol–water partition coefficient (Wildman–Crippen LogP) is 1.45. The van der Waals surface area contributed by atoms with E-state index in [-0.39, 0.29) is 0 Å². The first-order chi connectivity index (χ1) is 4.09. The van der Waals surface area contributed by atoms with Crippen LogP contribution in [0.5, 0.6) is 0 Å². The molecule has 0 bridgehead atoms. The third-order valence-corrected chi connectivity index (χ3v) is 0.644. The summed E-state index contributed by atoms with van der Waals surface area (Å²) in [6, 6.07) is 0.724. The lowest BCUT2D eigenvalue weighted by molar-refractivity contribution is 0.0191. The van der Waals surface area contributed by atoms with E-state index in [1.165, 1.54) is 0 Å². The fraction of sp³-hybridized carbons (Fsp3) is 0.750. The highest BCUT2D eigenvalue weighted by Gasteiger charge is 2.29. The summed E-state index contributed by atoms with van der Waals surface area (Å²) in [7, 11) is 0. The highest BCUT2D eigenvalue weighted by molar-refractivity contribution is 4.89. The maximum atomic E-state index is 11.6. The van der Waals surface area contributed by atoms with Gasteiger partial charge in [0.05, 0.1) is 0 Å². The number of nitrogens with zero attached hydrogens (tertiary/aromatic N) is 1. The zero-order valence-corrected chi connectivity index (χ0v) is 4.19. The van der Waals surface area contributed by atoms with Crippen LogP contribution >= 0.6 is 0 Å². The Morgan fingerprint density at radius 3 is 1.67 bits per heavy atom. The van der Waals surface area contributed by atoms with Crippen molar-refractivity contribution < 1.29 is 17.6 Å². The Morgan fingerprint density at radius 2 is 1.56 bits per heavy atom. The minimum Gasteiger partial charge on any atom is -0.237 e. The first kappa shape index (κ1) is 8.21. The molecule has 0 aromatic heterocycles. The molecule has 0 aliphatic heterocycles. The molecule has 0 fully saturated rings. The number of rotatable bonds is 2. The van der Waals surface area contributed by atoms with E-state index in [0.29, 0.717) is 0 Å². The fourth-order valence-electron chi connectivity index (χ4n) is 0.199. The van der Waals surface area contributed by atoms with Crippen molar-refractivity contribution >= 4 is 0 Å². The zero-order chi connectivity index (χ0) is 7.44. The Hall–Kier alpha value is -0.790. The second-order valence-electron chi connectivity index (χ2n) is 1.31. The van der Waals surface area contributed by atoms with Gasteiger partial charge in [0.25, 0.3) is 6.43 Å². The van der Waals surface area contributed by atoms with Crippen LogP contribution in [0.1, 0.15) is 0 Å². The normalized spacial score (nSPS) is 16.9. The highest BCUT2D eigenvalue weighted by atomic mass is 19.3. The van der Waals surface area contributed by atoms with E-state index < -0.39 is 18.8 Å². The monoisotopic (exact) mass is 141 g/mol. The molecular formula is C4H3F4N. The quantitative estimate of drug-likeness (QED) is 0.534. The molecule has 1 nitrogen and oxygen atoms in total. The second kappa shape index (κ2) is 3.28. The predicted molar refractivity (Wildman–Crippen MR) is 21.4 cm³/mol. The van der Waals surface area contributed by atoms with Crippen molar-refractivity contribution in [3.05, 3.63) is 0 Å². The molecule has 52 valence electrons. The van der Waals surface area contributed by atoms with Gasteiger partial charge in [0.1, 0.15) is 6.07 Å². The highest BCUT2D eigenvalue weighted by Crippen LogP contribution is 2.11.